The minimum absolute atomic E-state index is 0.336. The third-order valence-electron chi connectivity index (χ3n) is 3.51. The van der Waals surface area contributed by atoms with Crippen molar-refractivity contribution in [2.75, 3.05) is 6.61 Å². The Kier molecular flexibility index (Phi) is 4.44. The second-order valence-corrected chi connectivity index (χ2v) is 6.61. The van der Waals surface area contributed by atoms with Crippen molar-refractivity contribution >= 4 is 31.9 Å². The zero-order valence-corrected chi connectivity index (χ0v) is 14.1. The summed E-state index contributed by atoms with van der Waals surface area (Å²) in [4.78, 5) is 0. The standard InChI is InChI=1S/C16H15Br2NO/c17-12-5-6-16-13(9-12)15(7-8-20-16)19-10-11-3-1-2-4-14(11)18/h1-6,9,15,19H,7-8,10H2. The third-order valence-corrected chi connectivity index (χ3v) is 4.77. The maximum Gasteiger partial charge on any atom is 0.124 e. The lowest BCUT2D eigenvalue weighted by atomic mass is 10.0. The molecule has 1 unspecified atom stereocenters. The molecule has 1 atom stereocenters. The molecule has 0 radical (unpaired) electrons. The summed E-state index contributed by atoms with van der Waals surface area (Å²) >= 11 is 7.13. The lowest BCUT2D eigenvalue weighted by molar-refractivity contribution is 0.252. The van der Waals surface area contributed by atoms with Crippen LogP contribution in [0.3, 0.4) is 0 Å². The third kappa shape index (κ3) is 3.08. The number of hydrogen-bond donors (Lipinski definition) is 1. The molecule has 0 fully saturated rings. The Morgan fingerprint density at radius 1 is 1.15 bits per heavy atom. The Hall–Kier alpha value is -0.840. The van der Waals surface area contributed by atoms with E-state index in [-0.39, 0.29) is 0 Å². The Morgan fingerprint density at radius 2 is 2.00 bits per heavy atom. The van der Waals surface area contributed by atoms with Crippen molar-refractivity contribution in [1.82, 2.24) is 5.32 Å². The Balaban J connectivity index is 1.77. The summed E-state index contributed by atoms with van der Waals surface area (Å²) in [6.07, 6.45) is 0.994. The summed E-state index contributed by atoms with van der Waals surface area (Å²) in [5, 5.41) is 3.63. The monoisotopic (exact) mass is 395 g/mol. The van der Waals surface area contributed by atoms with Crippen LogP contribution in [0.4, 0.5) is 0 Å². The van der Waals surface area contributed by atoms with Gasteiger partial charge in [0.1, 0.15) is 5.75 Å². The molecule has 0 aromatic heterocycles. The minimum Gasteiger partial charge on any atom is -0.493 e. The maximum absolute atomic E-state index is 5.71. The van der Waals surface area contributed by atoms with E-state index in [1.54, 1.807) is 0 Å². The highest BCUT2D eigenvalue weighted by molar-refractivity contribution is 9.10. The molecule has 0 saturated heterocycles. The second-order valence-electron chi connectivity index (χ2n) is 4.84. The maximum atomic E-state index is 5.71. The summed E-state index contributed by atoms with van der Waals surface area (Å²) in [6.45, 7) is 1.61. The van der Waals surface area contributed by atoms with Gasteiger partial charge in [-0.05, 0) is 29.8 Å². The zero-order chi connectivity index (χ0) is 13.9. The molecule has 2 aromatic carbocycles. The van der Waals surface area contributed by atoms with E-state index in [1.807, 2.05) is 18.2 Å². The number of halogens is 2. The van der Waals surface area contributed by atoms with E-state index in [2.05, 4.69) is 61.4 Å². The molecular formula is C16H15Br2NO. The molecule has 4 heteroatoms. The van der Waals surface area contributed by atoms with Gasteiger partial charge in [-0.25, -0.2) is 0 Å². The van der Waals surface area contributed by atoms with Gasteiger partial charge >= 0.3 is 0 Å². The van der Waals surface area contributed by atoms with Gasteiger partial charge in [0.05, 0.1) is 6.61 Å². The first-order valence-electron chi connectivity index (χ1n) is 6.63. The van der Waals surface area contributed by atoms with Crippen LogP contribution in [0.25, 0.3) is 0 Å². The summed E-state index contributed by atoms with van der Waals surface area (Å²) in [6, 6.07) is 14.9. The molecule has 0 aliphatic carbocycles. The van der Waals surface area contributed by atoms with E-state index in [9.17, 15) is 0 Å². The fraction of sp³-hybridized carbons (Fsp3) is 0.250. The fourth-order valence-electron chi connectivity index (χ4n) is 2.45. The smallest absolute Gasteiger partial charge is 0.124 e. The highest BCUT2D eigenvalue weighted by Crippen LogP contribution is 2.34. The van der Waals surface area contributed by atoms with Crippen LogP contribution < -0.4 is 10.1 Å². The molecule has 0 spiro atoms. The molecule has 1 aliphatic heterocycles. The van der Waals surface area contributed by atoms with Gasteiger partial charge < -0.3 is 10.1 Å². The van der Waals surface area contributed by atoms with Crippen molar-refractivity contribution in [3.63, 3.8) is 0 Å². The van der Waals surface area contributed by atoms with Crippen molar-refractivity contribution in [3.05, 3.63) is 62.5 Å². The lowest BCUT2D eigenvalue weighted by Crippen LogP contribution is -2.26. The zero-order valence-electron chi connectivity index (χ0n) is 10.9. The SMILES string of the molecule is Brc1ccc2c(c1)C(NCc1ccccc1Br)CCO2. The number of hydrogen-bond acceptors (Lipinski definition) is 2. The van der Waals surface area contributed by atoms with Crippen LogP contribution in [0.5, 0.6) is 5.75 Å². The van der Waals surface area contributed by atoms with Crippen LogP contribution in [0, 0.1) is 0 Å². The molecule has 0 saturated carbocycles. The van der Waals surface area contributed by atoms with Crippen LogP contribution in [0.15, 0.2) is 51.4 Å². The molecular weight excluding hydrogens is 382 g/mol. The van der Waals surface area contributed by atoms with E-state index >= 15 is 0 Å². The first-order chi connectivity index (χ1) is 9.74. The van der Waals surface area contributed by atoms with E-state index in [1.165, 1.54) is 11.1 Å². The van der Waals surface area contributed by atoms with E-state index < -0.39 is 0 Å². The van der Waals surface area contributed by atoms with Crippen molar-refractivity contribution in [1.29, 1.82) is 0 Å². The van der Waals surface area contributed by atoms with Gasteiger partial charge in [-0.2, -0.15) is 0 Å². The van der Waals surface area contributed by atoms with E-state index in [0.29, 0.717) is 6.04 Å². The van der Waals surface area contributed by atoms with E-state index in [4.69, 9.17) is 4.74 Å². The largest absolute Gasteiger partial charge is 0.493 e. The number of rotatable bonds is 3. The molecule has 0 amide bonds. The molecule has 0 bridgehead atoms. The normalized spacial score (nSPS) is 17.4. The summed E-state index contributed by atoms with van der Waals surface area (Å²) in [5.74, 6) is 0.990. The predicted molar refractivity (Wildman–Crippen MR) is 88.0 cm³/mol. The second kappa shape index (κ2) is 6.29. The molecule has 1 N–H and O–H groups in total. The Labute approximate surface area is 135 Å². The highest BCUT2D eigenvalue weighted by Gasteiger charge is 2.21. The molecule has 1 heterocycles. The summed E-state index contributed by atoms with van der Waals surface area (Å²) in [7, 11) is 0. The number of nitrogens with one attached hydrogen (secondary N) is 1. The first kappa shape index (κ1) is 14.1. The van der Waals surface area contributed by atoms with Crippen LogP contribution >= 0.6 is 31.9 Å². The molecule has 1 aliphatic rings. The highest BCUT2D eigenvalue weighted by atomic mass is 79.9. The number of ether oxygens (including phenoxy) is 1. The molecule has 3 rings (SSSR count). The van der Waals surface area contributed by atoms with E-state index in [0.717, 1.165) is 34.3 Å². The molecule has 20 heavy (non-hydrogen) atoms. The van der Waals surface area contributed by atoms with Gasteiger partial charge in [0.2, 0.25) is 0 Å². The van der Waals surface area contributed by atoms with Crippen molar-refractivity contribution in [3.8, 4) is 5.75 Å². The van der Waals surface area contributed by atoms with Crippen molar-refractivity contribution in [2.45, 2.75) is 19.0 Å². The summed E-state index contributed by atoms with van der Waals surface area (Å²) < 4.78 is 7.95. The topological polar surface area (TPSA) is 21.3 Å². The lowest BCUT2D eigenvalue weighted by Gasteiger charge is -2.27. The van der Waals surface area contributed by atoms with Crippen LogP contribution in [-0.4, -0.2) is 6.61 Å². The van der Waals surface area contributed by atoms with Gasteiger partial charge in [0, 0.05) is 33.5 Å². The molecule has 2 aromatic rings. The van der Waals surface area contributed by atoms with Crippen molar-refractivity contribution < 1.29 is 4.74 Å². The van der Waals surface area contributed by atoms with Gasteiger partial charge in [0.15, 0.2) is 0 Å². The van der Waals surface area contributed by atoms with Gasteiger partial charge in [-0.3, -0.25) is 0 Å². The number of benzene rings is 2. The van der Waals surface area contributed by atoms with Gasteiger partial charge in [0.25, 0.3) is 0 Å². The molecule has 2 nitrogen and oxygen atoms in total. The van der Waals surface area contributed by atoms with Gasteiger partial charge in [-0.1, -0.05) is 50.1 Å². The molecule has 104 valence electrons. The van der Waals surface area contributed by atoms with Crippen molar-refractivity contribution in [2.24, 2.45) is 0 Å². The Bertz CT molecular complexity index is 615. The Morgan fingerprint density at radius 3 is 2.85 bits per heavy atom. The first-order valence-corrected chi connectivity index (χ1v) is 8.21. The summed E-state index contributed by atoms with van der Waals surface area (Å²) in [5.41, 5.74) is 2.51. The van der Waals surface area contributed by atoms with Crippen LogP contribution in [0.1, 0.15) is 23.6 Å². The quantitative estimate of drug-likeness (QED) is 0.802. The average molecular weight is 397 g/mol. The number of fused-ring (bicyclic) bond motifs is 1. The average Bonchev–Trinajstić information content (AvgIpc) is 2.46. The predicted octanol–water partition coefficient (Wildman–Crippen LogP) is 4.83. The fourth-order valence-corrected chi connectivity index (χ4v) is 3.26. The van der Waals surface area contributed by atoms with Crippen LogP contribution in [0.2, 0.25) is 0 Å². The van der Waals surface area contributed by atoms with Crippen LogP contribution in [-0.2, 0) is 6.54 Å². The minimum atomic E-state index is 0.336. The van der Waals surface area contributed by atoms with Gasteiger partial charge in [-0.15, -0.1) is 0 Å².